The summed E-state index contributed by atoms with van der Waals surface area (Å²) in [6, 6.07) is 29.7. The number of nitrogens with zero attached hydrogens (tertiary/aromatic N) is 2. The lowest BCUT2D eigenvalue weighted by atomic mass is 9.77. The molecule has 63 heavy (non-hydrogen) atoms. The molecule has 7 aromatic rings. The number of nitrogens with one attached hydrogen (secondary N) is 2. The number of hydrogen-bond donors (Lipinski definition) is 2. The molecule has 3 aliphatic rings. The Morgan fingerprint density at radius 2 is 1.25 bits per heavy atom. The van der Waals surface area contributed by atoms with Gasteiger partial charge in [0.1, 0.15) is 23.0 Å². The molecule has 1 spiro atoms. The summed E-state index contributed by atoms with van der Waals surface area (Å²) < 4.78 is 27.0. The van der Waals surface area contributed by atoms with Gasteiger partial charge in [-0.25, -0.2) is 4.79 Å². The number of rotatable bonds is 9. The molecule has 0 radical (unpaired) electrons. The molecular weight excluding hydrogens is 805 g/mol. The van der Waals surface area contributed by atoms with E-state index in [0.717, 1.165) is 21.8 Å². The van der Waals surface area contributed by atoms with Gasteiger partial charge in [0.25, 0.3) is 17.7 Å². The Morgan fingerprint density at radius 3 is 1.89 bits per heavy atom. The Kier molecular flexibility index (Phi) is 9.10. The van der Waals surface area contributed by atoms with Crippen molar-refractivity contribution >= 4 is 68.6 Å². The van der Waals surface area contributed by atoms with Gasteiger partial charge in [-0.05, 0) is 55.0 Å². The van der Waals surface area contributed by atoms with Crippen molar-refractivity contribution in [2.24, 2.45) is 7.05 Å². The molecule has 2 aromatic heterocycles. The highest BCUT2D eigenvalue weighted by molar-refractivity contribution is 6.50. The van der Waals surface area contributed by atoms with Crippen molar-refractivity contribution < 1.29 is 47.7 Å². The third-order valence-corrected chi connectivity index (χ3v) is 11.6. The summed E-state index contributed by atoms with van der Waals surface area (Å²) in [5.74, 6) is -2.15. The highest BCUT2D eigenvalue weighted by Crippen LogP contribution is 2.57. The van der Waals surface area contributed by atoms with Crippen LogP contribution in [0.2, 0.25) is 0 Å². The van der Waals surface area contributed by atoms with Crippen molar-refractivity contribution in [3.05, 3.63) is 154 Å². The number of amides is 3. The van der Waals surface area contributed by atoms with Crippen LogP contribution < -0.4 is 24.8 Å². The van der Waals surface area contributed by atoms with E-state index in [0.29, 0.717) is 51.9 Å². The molecule has 0 atom stereocenters. The minimum Gasteiger partial charge on any atom is -0.456 e. The summed E-state index contributed by atoms with van der Waals surface area (Å²) in [6.07, 6.45) is 4.27. The smallest absolute Gasteiger partial charge is 0.340 e. The van der Waals surface area contributed by atoms with E-state index in [1.54, 1.807) is 36.4 Å². The second kappa shape index (κ2) is 14.7. The van der Waals surface area contributed by atoms with Crippen LogP contribution in [0.4, 0.5) is 0 Å². The molecule has 0 unspecified atom stereocenters. The van der Waals surface area contributed by atoms with Crippen LogP contribution >= 0.6 is 0 Å². The largest absolute Gasteiger partial charge is 0.456 e. The maximum Gasteiger partial charge on any atom is 0.340 e. The van der Waals surface area contributed by atoms with Gasteiger partial charge in [-0.2, -0.15) is 0 Å². The first-order valence-electron chi connectivity index (χ1n) is 20.1. The van der Waals surface area contributed by atoms with E-state index in [1.807, 2.05) is 77.1 Å². The molecule has 0 saturated heterocycles. The van der Waals surface area contributed by atoms with Gasteiger partial charge < -0.3 is 33.4 Å². The fourth-order valence-electron chi connectivity index (χ4n) is 8.98. The predicted octanol–water partition coefficient (Wildman–Crippen LogP) is 6.94. The molecule has 0 fully saturated rings. The van der Waals surface area contributed by atoms with E-state index in [4.69, 9.17) is 18.9 Å². The molecule has 10 rings (SSSR count). The van der Waals surface area contributed by atoms with Gasteiger partial charge >= 0.3 is 17.9 Å². The van der Waals surface area contributed by atoms with Gasteiger partial charge in [-0.3, -0.25) is 29.3 Å². The third kappa shape index (κ3) is 6.33. The molecular formula is C49H36N4O10. The molecule has 2 N–H and O–H groups in total. The van der Waals surface area contributed by atoms with Gasteiger partial charge in [-0.1, -0.05) is 42.5 Å². The number of ether oxygens (including phenoxy) is 4. The van der Waals surface area contributed by atoms with E-state index >= 15 is 0 Å². The Bertz CT molecular complexity index is 3160. The number of esters is 3. The fourth-order valence-corrected chi connectivity index (χ4v) is 8.98. The Labute approximate surface area is 358 Å². The fraction of sp³-hybridized carbons (Fsp3) is 0.143. The van der Waals surface area contributed by atoms with Gasteiger partial charge in [0.05, 0.1) is 16.7 Å². The highest BCUT2D eigenvalue weighted by Gasteiger charge is 2.54. The minimum absolute atomic E-state index is 0.174. The molecule has 14 heteroatoms. The summed E-state index contributed by atoms with van der Waals surface area (Å²) in [4.78, 5) is 77.9. The molecule has 0 saturated carbocycles. The first-order chi connectivity index (χ1) is 30.4. The summed E-state index contributed by atoms with van der Waals surface area (Å²) in [5.41, 5.74) is 4.01. The van der Waals surface area contributed by atoms with Crippen molar-refractivity contribution in [1.29, 1.82) is 0 Å². The second-order valence-corrected chi connectivity index (χ2v) is 15.5. The quantitative estimate of drug-likeness (QED) is 0.0671. The molecule has 3 amide bonds. The number of aromatic nitrogens is 2. The van der Waals surface area contributed by atoms with Crippen LogP contribution in [0, 0.1) is 0 Å². The van der Waals surface area contributed by atoms with E-state index in [9.17, 15) is 28.8 Å². The van der Waals surface area contributed by atoms with Crippen molar-refractivity contribution in [2.75, 3.05) is 6.54 Å². The third-order valence-electron chi connectivity index (χ3n) is 11.6. The number of hydrogen-bond acceptors (Lipinski definition) is 10. The van der Waals surface area contributed by atoms with Crippen LogP contribution in [0.5, 0.6) is 23.0 Å². The predicted molar refractivity (Wildman–Crippen MR) is 229 cm³/mol. The molecule has 14 nitrogen and oxygen atoms in total. The maximum absolute atomic E-state index is 13.8. The van der Waals surface area contributed by atoms with Crippen molar-refractivity contribution in [3.8, 4) is 23.0 Å². The van der Waals surface area contributed by atoms with E-state index in [2.05, 4.69) is 10.6 Å². The summed E-state index contributed by atoms with van der Waals surface area (Å²) in [5, 5.41) is 7.16. The lowest BCUT2D eigenvalue weighted by Crippen LogP contribution is -2.33. The highest BCUT2D eigenvalue weighted by atomic mass is 16.6. The van der Waals surface area contributed by atoms with Crippen LogP contribution in [0.15, 0.2) is 116 Å². The van der Waals surface area contributed by atoms with Gasteiger partial charge in [-0.15, -0.1) is 0 Å². The van der Waals surface area contributed by atoms with Crippen LogP contribution in [-0.2, 0) is 43.1 Å². The SMILES string of the molecule is CC(=O)Oc1ccc2c(c1)Oc1cc(OC(C)=O)ccc1C21OC(=O)c2cc(C(=O)NCCCn3cc(C4=C(c5cn(C)c6ccccc56)C(=O)NC4=O)c4ccccc43)ccc21. The van der Waals surface area contributed by atoms with Crippen molar-refractivity contribution in [2.45, 2.75) is 32.4 Å². The molecule has 5 aromatic carbocycles. The number of benzene rings is 5. The average Bonchev–Trinajstić information content (AvgIpc) is 3.97. The molecule has 312 valence electrons. The average molecular weight is 841 g/mol. The number of fused-ring (bicyclic) bond motifs is 8. The number of carbonyl (C=O) groups is 6. The Balaban J connectivity index is 0.912. The lowest BCUT2D eigenvalue weighted by molar-refractivity contribution is -0.132. The normalized spacial score (nSPS) is 14.6. The molecule has 0 bridgehead atoms. The molecule has 3 aliphatic heterocycles. The van der Waals surface area contributed by atoms with Crippen LogP contribution in [0.1, 0.15) is 68.8 Å². The minimum atomic E-state index is -1.51. The summed E-state index contributed by atoms with van der Waals surface area (Å²) >= 11 is 0. The number of imide groups is 1. The standard InChI is InChI=1S/C49H36N4O10/c1-26(54)60-29-14-17-37-41(22-29)62-42-23-30(61-27(2)55)15-18-38(42)49(37)36-16-13-28(21-33(36)48(59)63-49)45(56)50-19-8-20-53-25-35(32-10-5-7-12-40(32)53)44-43(46(57)51-47(44)58)34-24-52(3)39-11-6-4-9-31(34)39/h4-7,9-18,21-25H,8,19-20H2,1-3H3,(H,50,56)(H,51,57,58). The van der Waals surface area contributed by atoms with E-state index in [1.165, 1.54) is 32.0 Å². The first-order valence-corrected chi connectivity index (χ1v) is 20.1. The topological polar surface area (TPSA) is 173 Å². The van der Waals surface area contributed by atoms with Crippen LogP contribution in [0.25, 0.3) is 33.0 Å². The van der Waals surface area contributed by atoms with Gasteiger partial charge in [0, 0.05) is 114 Å². The van der Waals surface area contributed by atoms with Crippen LogP contribution in [-0.4, -0.2) is 51.3 Å². The van der Waals surface area contributed by atoms with Crippen LogP contribution in [0.3, 0.4) is 0 Å². The monoisotopic (exact) mass is 840 g/mol. The second-order valence-electron chi connectivity index (χ2n) is 15.5. The maximum atomic E-state index is 13.8. The number of para-hydroxylation sites is 2. The lowest BCUT2D eigenvalue weighted by Gasteiger charge is -2.36. The van der Waals surface area contributed by atoms with Gasteiger partial charge in [0.2, 0.25) is 0 Å². The zero-order chi connectivity index (χ0) is 43.7. The van der Waals surface area contributed by atoms with Gasteiger partial charge in [0.15, 0.2) is 5.60 Å². The summed E-state index contributed by atoms with van der Waals surface area (Å²) in [7, 11) is 1.90. The van der Waals surface area contributed by atoms with Crippen molar-refractivity contribution in [1.82, 2.24) is 19.8 Å². The Morgan fingerprint density at radius 1 is 0.683 bits per heavy atom. The molecule has 0 aliphatic carbocycles. The number of carbonyl (C=O) groups excluding carboxylic acids is 6. The zero-order valence-electron chi connectivity index (χ0n) is 34.1. The first kappa shape index (κ1) is 38.9. The van der Waals surface area contributed by atoms with E-state index in [-0.39, 0.29) is 40.7 Å². The number of aryl methyl sites for hydroxylation is 2. The van der Waals surface area contributed by atoms with Crippen molar-refractivity contribution in [3.63, 3.8) is 0 Å². The summed E-state index contributed by atoms with van der Waals surface area (Å²) in [6.45, 7) is 3.30. The Hall–Kier alpha value is -8.26. The molecule has 5 heterocycles. The van der Waals surface area contributed by atoms with E-state index < -0.39 is 41.2 Å². The zero-order valence-corrected chi connectivity index (χ0v) is 34.1.